The molecule has 0 atom stereocenters. The molecule has 2 aromatic carbocycles. The first-order valence-electron chi connectivity index (χ1n) is 9.50. The molecule has 0 radical (unpaired) electrons. The maximum Gasteiger partial charge on any atom is 0.243 e. The summed E-state index contributed by atoms with van der Waals surface area (Å²) < 4.78 is 27.0. The largest absolute Gasteiger partial charge is 0.369 e. The van der Waals surface area contributed by atoms with Gasteiger partial charge in [0.15, 0.2) is 0 Å². The highest BCUT2D eigenvalue weighted by Gasteiger charge is 2.32. The lowest BCUT2D eigenvalue weighted by Crippen LogP contribution is -2.41. The van der Waals surface area contributed by atoms with Gasteiger partial charge in [0, 0.05) is 24.7 Å². The fraction of sp³-hybridized carbons (Fsp3) is 0.333. The van der Waals surface area contributed by atoms with E-state index in [1.54, 1.807) is 48.5 Å². The van der Waals surface area contributed by atoms with E-state index in [9.17, 15) is 18.0 Å². The highest BCUT2D eigenvalue weighted by atomic mass is 32.2. The number of rotatable bonds is 6. The third-order valence-electron chi connectivity index (χ3n) is 5.08. The van der Waals surface area contributed by atoms with Gasteiger partial charge in [0.1, 0.15) is 0 Å². The van der Waals surface area contributed by atoms with Crippen LogP contribution in [0.2, 0.25) is 0 Å². The Kier molecular flexibility index (Phi) is 6.34. The van der Waals surface area contributed by atoms with Crippen molar-refractivity contribution < 1.29 is 18.0 Å². The molecule has 2 amide bonds. The number of nitrogens with zero attached hydrogens (tertiary/aromatic N) is 1. The fourth-order valence-corrected chi connectivity index (χ4v) is 4.84. The van der Waals surface area contributed by atoms with Crippen LogP contribution in [0.3, 0.4) is 0 Å². The van der Waals surface area contributed by atoms with Gasteiger partial charge < -0.3 is 11.1 Å². The number of carbonyl (C=O) groups excluding carboxylic acids is 2. The van der Waals surface area contributed by atoms with Crippen molar-refractivity contribution in [1.82, 2.24) is 4.31 Å². The van der Waals surface area contributed by atoms with E-state index >= 15 is 0 Å². The Labute approximate surface area is 171 Å². The number of piperidine rings is 1. The molecule has 1 aliphatic heterocycles. The number of aryl methyl sites for hydroxylation is 1. The number of sulfonamides is 1. The van der Waals surface area contributed by atoms with Gasteiger partial charge in [0.2, 0.25) is 21.8 Å². The summed E-state index contributed by atoms with van der Waals surface area (Å²) in [6.07, 6.45) is 1.09. The van der Waals surface area contributed by atoms with Crippen LogP contribution >= 0.6 is 0 Å². The van der Waals surface area contributed by atoms with E-state index in [4.69, 9.17) is 5.73 Å². The van der Waals surface area contributed by atoms with Gasteiger partial charge in [-0.25, -0.2) is 8.42 Å². The molecular weight excluding hydrogens is 390 g/mol. The zero-order chi connectivity index (χ0) is 21.0. The Bertz CT molecular complexity index is 978. The Morgan fingerprint density at radius 2 is 1.62 bits per heavy atom. The van der Waals surface area contributed by atoms with Crippen LogP contribution in [0.25, 0.3) is 0 Å². The number of benzene rings is 2. The van der Waals surface area contributed by atoms with Crippen molar-refractivity contribution in [2.24, 2.45) is 11.7 Å². The van der Waals surface area contributed by atoms with Crippen molar-refractivity contribution in [3.8, 4) is 0 Å². The summed E-state index contributed by atoms with van der Waals surface area (Å²) >= 11 is 0. The van der Waals surface area contributed by atoms with Gasteiger partial charge in [-0.2, -0.15) is 4.31 Å². The molecule has 1 aliphatic rings. The molecule has 0 aromatic heterocycles. The topological polar surface area (TPSA) is 110 Å². The molecule has 29 heavy (non-hydrogen) atoms. The zero-order valence-corrected chi connectivity index (χ0v) is 17.1. The van der Waals surface area contributed by atoms with Crippen LogP contribution in [0, 0.1) is 12.8 Å². The average molecular weight is 416 g/mol. The van der Waals surface area contributed by atoms with Crippen molar-refractivity contribution in [3.63, 3.8) is 0 Å². The lowest BCUT2D eigenvalue weighted by Gasteiger charge is -2.30. The predicted molar refractivity (Wildman–Crippen MR) is 111 cm³/mol. The lowest BCUT2D eigenvalue weighted by molar-refractivity contribution is -0.121. The highest BCUT2D eigenvalue weighted by molar-refractivity contribution is 7.89. The molecule has 3 rings (SSSR count). The Morgan fingerprint density at radius 1 is 1.03 bits per heavy atom. The van der Waals surface area contributed by atoms with E-state index in [1.807, 2.05) is 6.92 Å². The monoisotopic (exact) mass is 415 g/mol. The van der Waals surface area contributed by atoms with Gasteiger partial charge in [0.25, 0.3) is 0 Å². The van der Waals surface area contributed by atoms with Gasteiger partial charge in [-0.3, -0.25) is 9.59 Å². The normalized spacial score (nSPS) is 15.8. The standard InChI is InChI=1S/C21H25N3O4S/c1-15-2-8-19(9-3-15)29(27,28)24-12-10-17(11-13-24)21(26)23-18-6-4-16(5-7-18)14-20(22)25/h2-9,17H,10-14H2,1H3,(H2,22,25)(H,23,26). The second-order valence-electron chi connectivity index (χ2n) is 7.32. The van der Waals surface area contributed by atoms with Crippen molar-refractivity contribution in [1.29, 1.82) is 0 Å². The summed E-state index contributed by atoms with van der Waals surface area (Å²) in [4.78, 5) is 23.8. The third-order valence-corrected chi connectivity index (χ3v) is 7.00. The van der Waals surface area contributed by atoms with E-state index in [2.05, 4.69) is 5.32 Å². The summed E-state index contributed by atoms with van der Waals surface area (Å²) in [5.74, 6) is -0.779. The van der Waals surface area contributed by atoms with Crippen molar-refractivity contribution in [2.75, 3.05) is 18.4 Å². The molecule has 0 unspecified atom stereocenters. The number of amides is 2. The second-order valence-corrected chi connectivity index (χ2v) is 9.26. The number of nitrogens with one attached hydrogen (secondary N) is 1. The molecular formula is C21H25N3O4S. The van der Waals surface area contributed by atoms with E-state index in [-0.39, 0.29) is 23.1 Å². The highest BCUT2D eigenvalue weighted by Crippen LogP contribution is 2.25. The lowest BCUT2D eigenvalue weighted by atomic mass is 9.97. The molecule has 0 spiro atoms. The van der Waals surface area contributed by atoms with Gasteiger partial charge in [-0.05, 0) is 49.6 Å². The first-order valence-corrected chi connectivity index (χ1v) is 10.9. The number of primary amides is 1. The average Bonchev–Trinajstić information content (AvgIpc) is 2.69. The van der Waals surface area contributed by atoms with Crippen LogP contribution in [0.5, 0.6) is 0 Å². The molecule has 0 bridgehead atoms. The molecule has 1 fully saturated rings. The SMILES string of the molecule is Cc1ccc(S(=O)(=O)N2CCC(C(=O)Nc3ccc(CC(N)=O)cc3)CC2)cc1. The molecule has 1 heterocycles. The molecule has 0 aliphatic carbocycles. The number of carbonyl (C=O) groups is 2. The quantitative estimate of drug-likeness (QED) is 0.752. The Morgan fingerprint density at radius 3 is 2.17 bits per heavy atom. The molecule has 3 N–H and O–H groups in total. The molecule has 2 aromatic rings. The molecule has 154 valence electrons. The Balaban J connectivity index is 1.56. The van der Waals surface area contributed by atoms with Gasteiger partial charge >= 0.3 is 0 Å². The van der Waals surface area contributed by atoms with Crippen LogP contribution in [0.4, 0.5) is 5.69 Å². The molecule has 0 saturated carbocycles. The summed E-state index contributed by atoms with van der Waals surface area (Å²) in [6, 6.07) is 13.7. The van der Waals surface area contributed by atoms with Crippen LogP contribution in [0.1, 0.15) is 24.0 Å². The molecule has 8 heteroatoms. The molecule has 1 saturated heterocycles. The Hall–Kier alpha value is -2.71. The van der Waals surface area contributed by atoms with Crippen molar-refractivity contribution in [2.45, 2.75) is 31.1 Å². The third kappa shape index (κ3) is 5.21. The number of anilines is 1. The maximum atomic E-state index is 12.8. The van der Waals surface area contributed by atoms with Crippen molar-refractivity contribution >= 4 is 27.5 Å². The maximum absolute atomic E-state index is 12.8. The van der Waals surface area contributed by atoms with Crippen LogP contribution < -0.4 is 11.1 Å². The minimum absolute atomic E-state index is 0.125. The van der Waals surface area contributed by atoms with E-state index in [0.29, 0.717) is 31.6 Å². The summed E-state index contributed by atoms with van der Waals surface area (Å²) in [6.45, 7) is 2.53. The first-order chi connectivity index (χ1) is 13.8. The predicted octanol–water partition coefficient (Wildman–Crippen LogP) is 2.06. The smallest absolute Gasteiger partial charge is 0.243 e. The van der Waals surface area contributed by atoms with Gasteiger partial charge in [-0.1, -0.05) is 29.8 Å². The second kappa shape index (κ2) is 8.75. The number of nitrogens with two attached hydrogens (primary N) is 1. The zero-order valence-electron chi connectivity index (χ0n) is 16.3. The minimum atomic E-state index is -3.54. The summed E-state index contributed by atoms with van der Waals surface area (Å²) in [5, 5.41) is 2.86. The van der Waals surface area contributed by atoms with E-state index in [0.717, 1.165) is 11.1 Å². The van der Waals surface area contributed by atoms with Gasteiger partial charge in [-0.15, -0.1) is 0 Å². The summed E-state index contributed by atoms with van der Waals surface area (Å²) in [5.41, 5.74) is 7.59. The first kappa shape index (κ1) is 21.0. The number of hydrogen-bond donors (Lipinski definition) is 2. The van der Waals surface area contributed by atoms with Crippen molar-refractivity contribution in [3.05, 3.63) is 59.7 Å². The minimum Gasteiger partial charge on any atom is -0.369 e. The van der Waals surface area contributed by atoms with Crippen LogP contribution in [-0.2, 0) is 26.0 Å². The van der Waals surface area contributed by atoms with E-state index < -0.39 is 15.9 Å². The summed E-state index contributed by atoms with van der Waals surface area (Å²) in [7, 11) is -3.54. The van der Waals surface area contributed by atoms with Crippen LogP contribution in [0.15, 0.2) is 53.4 Å². The number of hydrogen-bond acceptors (Lipinski definition) is 4. The van der Waals surface area contributed by atoms with Crippen LogP contribution in [-0.4, -0.2) is 37.6 Å². The molecule has 7 nitrogen and oxygen atoms in total. The fourth-order valence-electron chi connectivity index (χ4n) is 3.37. The van der Waals surface area contributed by atoms with E-state index in [1.165, 1.54) is 4.31 Å². The van der Waals surface area contributed by atoms with Gasteiger partial charge in [0.05, 0.1) is 11.3 Å².